The number of nitrogens with one attached hydrogen (secondary N) is 2. The second kappa shape index (κ2) is 6.66. The summed E-state index contributed by atoms with van der Waals surface area (Å²) in [4.78, 5) is 23.5. The Morgan fingerprint density at radius 3 is 2.50 bits per heavy atom. The maximum absolute atomic E-state index is 11.8. The molecule has 1 aromatic rings. The zero-order valence-electron chi connectivity index (χ0n) is 11.9. The van der Waals surface area contributed by atoms with Crippen molar-refractivity contribution in [3.8, 4) is 0 Å². The van der Waals surface area contributed by atoms with E-state index in [1.54, 1.807) is 17.8 Å². The van der Waals surface area contributed by atoms with Gasteiger partial charge in [0.15, 0.2) is 10.2 Å². The van der Waals surface area contributed by atoms with E-state index in [1.165, 1.54) is 38.2 Å². The van der Waals surface area contributed by atoms with E-state index in [0.717, 1.165) is 5.09 Å². The van der Waals surface area contributed by atoms with Gasteiger partial charge in [0.1, 0.15) is 11.3 Å². The topological polar surface area (TPSA) is 71.3 Å². The molecule has 2 amide bonds. The lowest BCUT2D eigenvalue weighted by atomic mass is 10.0. The molecule has 0 bridgehead atoms. The predicted molar refractivity (Wildman–Crippen MR) is 88.3 cm³/mol. The third kappa shape index (κ3) is 3.59. The van der Waals surface area contributed by atoms with Crippen LogP contribution in [0.15, 0.2) is 27.2 Å². The van der Waals surface area contributed by atoms with Crippen molar-refractivity contribution in [3.63, 3.8) is 0 Å². The Labute approximate surface area is 137 Å². The van der Waals surface area contributed by atoms with Gasteiger partial charge in [-0.3, -0.25) is 20.2 Å². The molecule has 0 unspecified atom stereocenters. The zero-order valence-corrected chi connectivity index (χ0v) is 13.5. The molecule has 0 atom stereocenters. The van der Waals surface area contributed by atoms with Gasteiger partial charge in [0.05, 0.1) is 0 Å². The summed E-state index contributed by atoms with van der Waals surface area (Å²) in [6.07, 6.45) is 7.73. The monoisotopic (exact) mass is 336 g/mol. The molecule has 1 aliphatic heterocycles. The van der Waals surface area contributed by atoms with E-state index in [0.29, 0.717) is 11.0 Å². The Morgan fingerprint density at radius 1 is 1.14 bits per heavy atom. The fourth-order valence-electron chi connectivity index (χ4n) is 2.57. The first-order chi connectivity index (χ1) is 10.6. The van der Waals surface area contributed by atoms with Crippen LogP contribution < -0.4 is 10.6 Å². The number of rotatable bonds is 3. The van der Waals surface area contributed by atoms with Crippen molar-refractivity contribution in [2.45, 2.75) is 42.4 Å². The van der Waals surface area contributed by atoms with Crippen LogP contribution in [0.1, 0.15) is 37.9 Å². The van der Waals surface area contributed by atoms with Gasteiger partial charge in [0, 0.05) is 5.25 Å². The lowest BCUT2D eigenvalue weighted by Crippen LogP contribution is -2.51. The minimum atomic E-state index is -0.508. The molecule has 0 spiro atoms. The summed E-state index contributed by atoms with van der Waals surface area (Å²) in [6.45, 7) is 0. The molecule has 2 fully saturated rings. The van der Waals surface area contributed by atoms with Crippen molar-refractivity contribution in [1.82, 2.24) is 10.6 Å². The summed E-state index contributed by atoms with van der Waals surface area (Å²) in [5.41, 5.74) is -0.00262. The first-order valence-electron chi connectivity index (χ1n) is 7.26. The minimum absolute atomic E-state index is 0.00262. The van der Waals surface area contributed by atoms with Crippen LogP contribution in [0.4, 0.5) is 0 Å². The molecule has 1 saturated heterocycles. The van der Waals surface area contributed by atoms with Crippen molar-refractivity contribution in [1.29, 1.82) is 0 Å². The number of carbonyl (C=O) groups is 2. The Hall–Kier alpha value is -1.60. The van der Waals surface area contributed by atoms with Crippen molar-refractivity contribution in [2.75, 3.05) is 0 Å². The lowest BCUT2D eigenvalue weighted by Gasteiger charge is -2.19. The Bertz CT molecular complexity index is 623. The van der Waals surface area contributed by atoms with Crippen LogP contribution in [0, 0.1) is 0 Å². The van der Waals surface area contributed by atoms with Gasteiger partial charge in [-0.2, -0.15) is 0 Å². The summed E-state index contributed by atoms with van der Waals surface area (Å²) < 4.78 is 5.71. The molecule has 2 N–H and O–H groups in total. The van der Waals surface area contributed by atoms with Gasteiger partial charge in [-0.15, -0.1) is 0 Å². The highest BCUT2D eigenvalue weighted by molar-refractivity contribution is 7.99. The lowest BCUT2D eigenvalue weighted by molar-refractivity contribution is -0.123. The molecule has 22 heavy (non-hydrogen) atoms. The first-order valence-corrected chi connectivity index (χ1v) is 8.55. The summed E-state index contributed by atoms with van der Waals surface area (Å²) in [5, 5.41) is 6.24. The van der Waals surface area contributed by atoms with E-state index in [9.17, 15) is 9.59 Å². The van der Waals surface area contributed by atoms with Gasteiger partial charge < -0.3 is 4.42 Å². The molecule has 1 aliphatic carbocycles. The summed E-state index contributed by atoms with van der Waals surface area (Å²) in [7, 11) is 0. The van der Waals surface area contributed by atoms with Crippen LogP contribution in [0.25, 0.3) is 6.08 Å². The molecule has 1 aromatic heterocycles. The summed E-state index contributed by atoms with van der Waals surface area (Å²) >= 11 is 6.49. The Morgan fingerprint density at radius 2 is 1.82 bits per heavy atom. The van der Waals surface area contributed by atoms with Crippen LogP contribution in [0.5, 0.6) is 0 Å². The van der Waals surface area contributed by atoms with E-state index < -0.39 is 11.8 Å². The smallest absolute Gasteiger partial charge is 0.263 e. The normalized spacial score (nSPS) is 19.8. The number of carbonyl (C=O) groups excluding carboxylic acids is 2. The van der Waals surface area contributed by atoms with E-state index >= 15 is 0 Å². The molecular formula is C15H16N2O3S2. The number of thiocarbonyl (C=S) groups is 1. The molecule has 0 radical (unpaired) electrons. The largest absolute Gasteiger partial charge is 0.450 e. The van der Waals surface area contributed by atoms with Gasteiger partial charge in [-0.05, 0) is 43.3 Å². The average molecular weight is 336 g/mol. The van der Waals surface area contributed by atoms with E-state index in [-0.39, 0.29) is 10.7 Å². The quantitative estimate of drug-likeness (QED) is 0.504. The number of thioether (sulfide) groups is 1. The molecule has 0 aromatic carbocycles. The molecule has 116 valence electrons. The van der Waals surface area contributed by atoms with Gasteiger partial charge in [-0.1, -0.05) is 31.0 Å². The van der Waals surface area contributed by atoms with E-state index in [2.05, 4.69) is 10.6 Å². The van der Waals surface area contributed by atoms with Crippen LogP contribution in [0.2, 0.25) is 0 Å². The molecule has 1 saturated carbocycles. The van der Waals surface area contributed by atoms with Crippen molar-refractivity contribution >= 4 is 47.0 Å². The molecule has 2 heterocycles. The molecule has 7 heteroatoms. The molecule has 3 rings (SSSR count). The zero-order chi connectivity index (χ0) is 15.5. The van der Waals surface area contributed by atoms with E-state index in [1.807, 2.05) is 6.07 Å². The minimum Gasteiger partial charge on any atom is -0.450 e. The SMILES string of the molecule is O=C1NC(=S)NC(=O)C1=Cc1ccc(SC2CCCCC2)o1. The van der Waals surface area contributed by atoms with Gasteiger partial charge in [0.2, 0.25) is 0 Å². The molecule has 5 nitrogen and oxygen atoms in total. The number of hydrogen-bond donors (Lipinski definition) is 2. The number of hydrogen-bond acceptors (Lipinski definition) is 5. The van der Waals surface area contributed by atoms with Crippen LogP contribution in [-0.2, 0) is 9.59 Å². The molecular weight excluding hydrogens is 320 g/mol. The standard InChI is InChI=1S/C15H16N2O3S2/c18-13-11(14(19)17-15(21)16-13)8-9-6-7-12(20-9)22-10-4-2-1-3-5-10/h6-8,10H,1-5H2,(H2,16,17,18,19,21). The second-order valence-corrected chi connectivity index (χ2v) is 7.04. The second-order valence-electron chi connectivity index (χ2n) is 5.33. The third-order valence-corrected chi connectivity index (χ3v) is 5.13. The average Bonchev–Trinajstić information content (AvgIpc) is 2.91. The Kier molecular flexibility index (Phi) is 4.63. The number of amides is 2. The highest BCUT2D eigenvalue weighted by Gasteiger charge is 2.26. The van der Waals surface area contributed by atoms with Gasteiger partial charge in [-0.25, -0.2) is 0 Å². The maximum Gasteiger partial charge on any atom is 0.263 e. The fourth-order valence-corrected chi connectivity index (χ4v) is 3.95. The summed E-state index contributed by atoms with van der Waals surface area (Å²) in [6, 6.07) is 3.65. The van der Waals surface area contributed by atoms with Gasteiger partial charge >= 0.3 is 0 Å². The third-order valence-electron chi connectivity index (χ3n) is 3.67. The summed E-state index contributed by atoms with van der Waals surface area (Å²) in [5.74, 6) is -0.523. The molecule has 2 aliphatic rings. The van der Waals surface area contributed by atoms with Crippen LogP contribution in [-0.4, -0.2) is 22.2 Å². The first kappa shape index (κ1) is 15.3. The van der Waals surface area contributed by atoms with Crippen molar-refractivity contribution in [2.24, 2.45) is 0 Å². The fraction of sp³-hybridized carbons (Fsp3) is 0.400. The van der Waals surface area contributed by atoms with Gasteiger partial charge in [0.25, 0.3) is 11.8 Å². The van der Waals surface area contributed by atoms with Crippen LogP contribution in [0.3, 0.4) is 0 Å². The van der Waals surface area contributed by atoms with E-state index in [4.69, 9.17) is 16.6 Å². The number of furan rings is 1. The predicted octanol–water partition coefficient (Wildman–Crippen LogP) is 2.62. The Balaban J connectivity index is 1.70. The highest BCUT2D eigenvalue weighted by Crippen LogP contribution is 2.34. The van der Waals surface area contributed by atoms with Crippen molar-refractivity contribution in [3.05, 3.63) is 23.5 Å². The van der Waals surface area contributed by atoms with Crippen LogP contribution >= 0.6 is 24.0 Å². The van der Waals surface area contributed by atoms with Crippen molar-refractivity contribution < 1.29 is 14.0 Å². The maximum atomic E-state index is 11.8. The highest BCUT2D eigenvalue weighted by atomic mass is 32.2.